The summed E-state index contributed by atoms with van der Waals surface area (Å²) in [6.07, 6.45) is 1.85. The first-order valence-corrected chi connectivity index (χ1v) is 7.46. The van der Waals surface area contributed by atoms with Gasteiger partial charge in [-0.25, -0.2) is 5.43 Å². The third-order valence-corrected chi connectivity index (χ3v) is 3.61. The van der Waals surface area contributed by atoms with E-state index in [1.807, 2.05) is 42.5 Å². The lowest BCUT2D eigenvalue weighted by molar-refractivity contribution is -0.120. The first kappa shape index (κ1) is 14.6. The molecule has 0 radical (unpaired) electrons. The van der Waals surface area contributed by atoms with Crippen molar-refractivity contribution in [1.82, 2.24) is 5.43 Å². The molecule has 0 aromatic heterocycles. The Morgan fingerprint density at radius 1 is 1.18 bits per heavy atom. The van der Waals surface area contributed by atoms with Crippen LogP contribution in [0.2, 0.25) is 0 Å². The quantitative estimate of drug-likeness (QED) is 0.673. The van der Waals surface area contributed by atoms with Gasteiger partial charge in [0.05, 0.1) is 12.6 Å². The van der Waals surface area contributed by atoms with Crippen LogP contribution in [-0.2, 0) is 11.2 Å². The van der Waals surface area contributed by atoms with Gasteiger partial charge in [-0.3, -0.25) is 4.79 Å². The minimum Gasteiger partial charge on any atom is -0.454 e. The zero-order chi connectivity index (χ0) is 15.4. The van der Waals surface area contributed by atoms with E-state index in [4.69, 9.17) is 9.47 Å². The van der Waals surface area contributed by atoms with Gasteiger partial charge in [-0.2, -0.15) is 5.10 Å². The highest BCUT2D eigenvalue weighted by Crippen LogP contribution is 2.31. The summed E-state index contributed by atoms with van der Waals surface area (Å²) in [6, 6.07) is 13.1. The predicted octanol–water partition coefficient (Wildman–Crippen LogP) is 2.87. The second-order valence-electron chi connectivity index (χ2n) is 4.71. The number of hydrogen-bond donors (Lipinski definition) is 1. The fraction of sp³-hybridized carbons (Fsp3) is 0.125. The number of benzene rings is 2. The average molecular weight is 361 g/mol. The van der Waals surface area contributed by atoms with Crippen molar-refractivity contribution in [1.29, 1.82) is 0 Å². The number of carbonyl (C=O) groups is 1. The first-order valence-electron chi connectivity index (χ1n) is 6.67. The van der Waals surface area contributed by atoms with Gasteiger partial charge in [0.1, 0.15) is 0 Å². The normalized spacial score (nSPS) is 12.6. The Hall–Kier alpha value is -2.34. The summed E-state index contributed by atoms with van der Waals surface area (Å²) >= 11 is 3.36. The van der Waals surface area contributed by atoms with Crippen molar-refractivity contribution in [2.24, 2.45) is 5.10 Å². The van der Waals surface area contributed by atoms with Crippen LogP contribution in [0.25, 0.3) is 0 Å². The van der Waals surface area contributed by atoms with Crippen LogP contribution in [0.3, 0.4) is 0 Å². The van der Waals surface area contributed by atoms with Crippen molar-refractivity contribution in [2.45, 2.75) is 6.42 Å². The van der Waals surface area contributed by atoms with E-state index in [9.17, 15) is 4.79 Å². The Balaban J connectivity index is 1.55. The van der Waals surface area contributed by atoms with Crippen LogP contribution in [0.4, 0.5) is 0 Å². The fourth-order valence-corrected chi connectivity index (χ4v) is 2.26. The van der Waals surface area contributed by atoms with Crippen LogP contribution in [-0.4, -0.2) is 18.9 Å². The Morgan fingerprint density at radius 3 is 2.77 bits per heavy atom. The summed E-state index contributed by atoms with van der Waals surface area (Å²) in [5.74, 6) is 1.24. The van der Waals surface area contributed by atoms with Crippen molar-refractivity contribution < 1.29 is 14.3 Å². The van der Waals surface area contributed by atoms with E-state index < -0.39 is 0 Å². The Morgan fingerprint density at radius 2 is 1.95 bits per heavy atom. The van der Waals surface area contributed by atoms with Gasteiger partial charge in [0.25, 0.3) is 0 Å². The van der Waals surface area contributed by atoms with E-state index in [2.05, 4.69) is 26.5 Å². The summed E-state index contributed by atoms with van der Waals surface area (Å²) in [5.41, 5.74) is 4.27. The monoisotopic (exact) mass is 360 g/mol. The molecule has 0 spiro atoms. The van der Waals surface area contributed by atoms with E-state index in [0.29, 0.717) is 5.75 Å². The average Bonchev–Trinajstić information content (AvgIpc) is 2.97. The second-order valence-corrected chi connectivity index (χ2v) is 5.62. The summed E-state index contributed by atoms with van der Waals surface area (Å²) < 4.78 is 11.5. The van der Waals surface area contributed by atoms with Gasteiger partial charge >= 0.3 is 0 Å². The minimum atomic E-state index is -0.167. The molecule has 2 aromatic carbocycles. The molecule has 0 saturated carbocycles. The van der Waals surface area contributed by atoms with E-state index >= 15 is 0 Å². The summed E-state index contributed by atoms with van der Waals surface area (Å²) in [7, 11) is 0. The molecule has 0 atom stereocenters. The molecular formula is C16H13BrN2O3. The van der Waals surface area contributed by atoms with Gasteiger partial charge in [0.15, 0.2) is 11.5 Å². The third kappa shape index (κ3) is 3.65. The van der Waals surface area contributed by atoms with Crippen LogP contribution < -0.4 is 14.9 Å². The molecule has 0 bridgehead atoms. The smallest absolute Gasteiger partial charge is 0.244 e. The molecule has 1 heterocycles. The van der Waals surface area contributed by atoms with Gasteiger partial charge in [-0.1, -0.05) is 28.1 Å². The van der Waals surface area contributed by atoms with E-state index in [1.165, 1.54) is 0 Å². The van der Waals surface area contributed by atoms with Crippen molar-refractivity contribution in [3.05, 3.63) is 58.1 Å². The van der Waals surface area contributed by atoms with Crippen LogP contribution in [0.5, 0.6) is 11.5 Å². The molecule has 1 aliphatic heterocycles. The lowest BCUT2D eigenvalue weighted by Crippen LogP contribution is -2.19. The number of amides is 1. The maximum absolute atomic E-state index is 11.8. The van der Waals surface area contributed by atoms with E-state index in [1.54, 1.807) is 6.21 Å². The predicted molar refractivity (Wildman–Crippen MR) is 86.1 cm³/mol. The maximum Gasteiger partial charge on any atom is 0.244 e. The van der Waals surface area contributed by atoms with Crippen LogP contribution in [0.1, 0.15) is 11.1 Å². The number of rotatable bonds is 4. The Kier molecular flexibility index (Phi) is 4.39. The number of hydrogen-bond acceptors (Lipinski definition) is 4. The van der Waals surface area contributed by atoms with Gasteiger partial charge in [-0.15, -0.1) is 0 Å². The molecule has 2 aromatic rings. The number of hydrazone groups is 1. The van der Waals surface area contributed by atoms with E-state index in [0.717, 1.165) is 21.3 Å². The maximum atomic E-state index is 11.8. The number of ether oxygens (including phenoxy) is 2. The molecule has 1 amide bonds. The Labute approximate surface area is 136 Å². The highest BCUT2D eigenvalue weighted by Gasteiger charge is 2.12. The number of carbonyl (C=O) groups excluding carboxylic acids is 1. The molecule has 3 rings (SSSR count). The summed E-state index contributed by atoms with van der Waals surface area (Å²) in [5, 5.41) is 3.95. The molecular weight excluding hydrogens is 348 g/mol. The van der Waals surface area contributed by atoms with Crippen molar-refractivity contribution in [3.8, 4) is 11.5 Å². The molecule has 0 unspecified atom stereocenters. The molecule has 22 heavy (non-hydrogen) atoms. The second kappa shape index (κ2) is 6.62. The molecule has 0 aliphatic carbocycles. The lowest BCUT2D eigenvalue weighted by atomic mass is 10.1. The SMILES string of the molecule is O=C(Cc1ccc(Br)cc1)N/N=C/c1ccc2c(c1)OCO2. The van der Waals surface area contributed by atoms with Crippen LogP contribution in [0, 0.1) is 0 Å². The van der Waals surface area contributed by atoms with Crippen molar-refractivity contribution in [3.63, 3.8) is 0 Å². The molecule has 0 saturated heterocycles. The molecule has 1 N–H and O–H groups in total. The largest absolute Gasteiger partial charge is 0.454 e. The van der Waals surface area contributed by atoms with E-state index in [-0.39, 0.29) is 19.1 Å². The number of nitrogens with one attached hydrogen (secondary N) is 1. The molecule has 6 heteroatoms. The number of nitrogens with zero attached hydrogens (tertiary/aromatic N) is 1. The molecule has 112 valence electrons. The van der Waals surface area contributed by atoms with Crippen LogP contribution >= 0.6 is 15.9 Å². The first-order chi connectivity index (χ1) is 10.7. The fourth-order valence-electron chi connectivity index (χ4n) is 2.00. The summed E-state index contributed by atoms with van der Waals surface area (Å²) in [4.78, 5) is 11.8. The highest BCUT2D eigenvalue weighted by molar-refractivity contribution is 9.10. The van der Waals surface area contributed by atoms with Gasteiger partial charge < -0.3 is 9.47 Å². The lowest BCUT2D eigenvalue weighted by Gasteiger charge is -2.01. The number of halogens is 1. The van der Waals surface area contributed by atoms with Gasteiger partial charge in [0.2, 0.25) is 12.7 Å². The van der Waals surface area contributed by atoms with Gasteiger partial charge in [0, 0.05) is 4.47 Å². The zero-order valence-electron chi connectivity index (χ0n) is 11.6. The zero-order valence-corrected chi connectivity index (χ0v) is 13.2. The molecule has 0 fully saturated rings. The molecule has 1 aliphatic rings. The number of fused-ring (bicyclic) bond motifs is 1. The van der Waals surface area contributed by atoms with Crippen LogP contribution in [0.15, 0.2) is 52.0 Å². The standard InChI is InChI=1S/C16H13BrN2O3/c17-13-4-1-11(2-5-13)8-16(20)19-18-9-12-3-6-14-15(7-12)22-10-21-14/h1-7,9H,8,10H2,(H,19,20)/b18-9+. The van der Waals surface area contributed by atoms with Crippen molar-refractivity contribution >= 4 is 28.1 Å². The van der Waals surface area contributed by atoms with Gasteiger partial charge in [-0.05, 0) is 41.5 Å². The topological polar surface area (TPSA) is 59.9 Å². The highest BCUT2D eigenvalue weighted by atomic mass is 79.9. The third-order valence-electron chi connectivity index (χ3n) is 3.08. The van der Waals surface area contributed by atoms with Crippen molar-refractivity contribution in [2.75, 3.05) is 6.79 Å². The Bertz CT molecular complexity index is 714. The minimum absolute atomic E-state index is 0.167. The summed E-state index contributed by atoms with van der Waals surface area (Å²) in [6.45, 7) is 0.236. The molecule has 5 nitrogen and oxygen atoms in total.